The van der Waals surface area contributed by atoms with Crippen LogP contribution in [0, 0.1) is 13.8 Å². The van der Waals surface area contributed by atoms with E-state index in [0.29, 0.717) is 0 Å². The van der Waals surface area contributed by atoms with Crippen molar-refractivity contribution in [3.8, 4) is 0 Å². The van der Waals surface area contributed by atoms with Crippen LogP contribution in [0.25, 0.3) is 0 Å². The van der Waals surface area contributed by atoms with Crippen LogP contribution in [0.3, 0.4) is 0 Å². The Morgan fingerprint density at radius 1 is 1.40 bits per heavy atom. The summed E-state index contributed by atoms with van der Waals surface area (Å²) in [6.07, 6.45) is 0.876. The molecule has 1 aromatic carbocycles. The van der Waals surface area contributed by atoms with Crippen molar-refractivity contribution >= 4 is 10.8 Å². The number of benzene rings is 1. The summed E-state index contributed by atoms with van der Waals surface area (Å²) < 4.78 is 12.2. The molecule has 2 rings (SSSR count). The Kier molecular flexibility index (Phi) is 2.69. The van der Waals surface area contributed by atoms with Crippen molar-refractivity contribution in [3.63, 3.8) is 0 Å². The summed E-state index contributed by atoms with van der Waals surface area (Å²) in [5.74, 6) is 0. The molecule has 3 atom stereocenters. The summed E-state index contributed by atoms with van der Waals surface area (Å²) in [6.45, 7) is 6.13. The predicted molar refractivity (Wildman–Crippen MR) is 63.3 cm³/mol. The normalized spacial score (nSPS) is 29.2. The highest BCUT2D eigenvalue weighted by Gasteiger charge is 2.36. The van der Waals surface area contributed by atoms with Crippen molar-refractivity contribution in [3.05, 3.63) is 28.8 Å². The number of fused-ring (bicyclic) bond motifs is 1. The van der Waals surface area contributed by atoms with E-state index in [1.54, 1.807) is 0 Å². The quantitative estimate of drug-likeness (QED) is 0.793. The van der Waals surface area contributed by atoms with Gasteiger partial charge in [-0.05, 0) is 31.4 Å². The van der Waals surface area contributed by atoms with Crippen molar-refractivity contribution in [2.75, 3.05) is 0 Å². The van der Waals surface area contributed by atoms with E-state index in [1.165, 1.54) is 5.56 Å². The molecule has 1 aliphatic heterocycles. The van der Waals surface area contributed by atoms with Gasteiger partial charge >= 0.3 is 0 Å². The van der Waals surface area contributed by atoms with Crippen LogP contribution in [0.15, 0.2) is 17.0 Å². The third-order valence-electron chi connectivity index (χ3n) is 3.09. The van der Waals surface area contributed by atoms with Gasteiger partial charge in [-0.3, -0.25) is 4.21 Å². The van der Waals surface area contributed by atoms with Crippen molar-refractivity contribution < 1.29 is 4.21 Å². The number of rotatable bonds is 1. The fraction of sp³-hybridized carbons (Fsp3) is 0.500. The molecule has 0 saturated heterocycles. The lowest BCUT2D eigenvalue weighted by Gasteiger charge is -2.11. The van der Waals surface area contributed by atoms with Crippen LogP contribution in [0.5, 0.6) is 0 Å². The van der Waals surface area contributed by atoms with Crippen LogP contribution < -0.4 is 5.73 Å². The molecule has 1 heterocycles. The van der Waals surface area contributed by atoms with Gasteiger partial charge in [-0.1, -0.05) is 24.6 Å². The van der Waals surface area contributed by atoms with Crippen molar-refractivity contribution in [1.82, 2.24) is 0 Å². The molecule has 0 spiro atoms. The molecule has 82 valence electrons. The first-order valence-corrected chi connectivity index (χ1v) is 6.54. The minimum Gasteiger partial charge on any atom is -0.323 e. The Bertz CT molecular complexity index is 428. The van der Waals surface area contributed by atoms with E-state index in [1.807, 2.05) is 6.92 Å². The lowest BCUT2D eigenvalue weighted by Crippen LogP contribution is -2.22. The zero-order chi connectivity index (χ0) is 11.2. The Balaban J connectivity index is 2.62. The Hall–Kier alpha value is -0.670. The monoisotopic (exact) mass is 223 g/mol. The van der Waals surface area contributed by atoms with Crippen molar-refractivity contribution in [2.24, 2.45) is 5.73 Å². The van der Waals surface area contributed by atoms with Gasteiger partial charge in [0.2, 0.25) is 0 Å². The molecule has 2 N–H and O–H groups in total. The zero-order valence-electron chi connectivity index (χ0n) is 9.41. The van der Waals surface area contributed by atoms with Gasteiger partial charge in [-0.25, -0.2) is 0 Å². The van der Waals surface area contributed by atoms with Crippen LogP contribution in [-0.2, 0) is 10.8 Å². The molecule has 0 amide bonds. The zero-order valence-corrected chi connectivity index (χ0v) is 10.2. The second kappa shape index (κ2) is 3.72. The second-order valence-electron chi connectivity index (χ2n) is 4.27. The van der Waals surface area contributed by atoms with Gasteiger partial charge in [0.1, 0.15) is 0 Å². The highest BCUT2D eigenvalue weighted by molar-refractivity contribution is 7.86. The van der Waals surface area contributed by atoms with Crippen molar-refractivity contribution in [1.29, 1.82) is 0 Å². The first-order chi connectivity index (χ1) is 7.06. The molecule has 1 aromatic rings. The van der Waals surface area contributed by atoms with Crippen LogP contribution >= 0.6 is 0 Å². The molecule has 15 heavy (non-hydrogen) atoms. The summed E-state index contributed by atoms with van der Waals surface area (Å²) >= 11 is 0. The molecular weight excluding hydrogens is 206 g/mol. The van der Waals surface area contributed by atoms with E-state index in [-0.39, 0.29) is 11.3 Å². The average molecular weight is 223 g/mol. The lowest BCUT2D eigenvalue weighted by molar-refractivity contribution is 0.632. The summed E-state index contributed by atoms with van der Waals surface area (Å²) in [7, 11) is -0.911. The van der Waals surface area contributed by atoms with E-state index >= 15 is 0 Å². The van der Waals surface area contributed by atoms with Crippen LogP contribution in [-0.4, -0.2) is 9.46 Å². The molecule has 0 fully saturated rings. The minimum atomic E-state index is -0.911. The van der Waals surface area contributed by atoms with Gasteiger partial charge in [0, 0.05) is 10.9 Å². The molecule has 0 saturated carbocycles. The number of aryl methyl sites for hydroxylation is 2. The molecule has 3 heteroatoms. The summed E-state index contributed by atoms with van der Waals surface area (Å²) in [6, 6.07) is 4.12. The van der Waals surface area contributed by atoms with E-state index < -0.39 is 10.8 Å². The van der Waals surface area contributed by atoms with Crippen LogP contribution in [0.1, 0.15) is 36.1 Å². The third-order valence-corrected chi connectivity index (χ3v) is 5.22. The maximum atomic E-state index is 12.2. The van der Waals surface area contributed by atoms with Crippen molar-refractivity contribution in [2.45, 2.75) is 43.4 Å². The Morgan fingerprint density at radius 3 is 2.67 bits per heavy atom. The first-order valence-electron chi connectivity index (χ1n) is 5.33. The molecule has 2 nitrogen and oxygen atoms in total. The molecule has 1 aliphatic rings. The SMILES string of the molecule is CCC1C(N)c2cc(C)cc(C)c2S1=O. The summed E-state index contributed by atoms with van der Waals surface area (Å²) in [5, 5.41) is 0.0977. The van der Waals surface area contributed by atoms with E-state index in [0.717, 1.165) is 22.4 Å². The molecule has 0 radical (unpaired) electrons. The fourth-order valence-corrected chi connectivity index (χ4v) is 4.22. The molecular formula is C12H17NOS. The third kappa shape index (κ3) is 1.54. The fourth-order valence-electron chi connectivity index (χ4n) is 2.40. The number of hydrogen-bond acceptors (Lipinski definition) is 2. The van der Waals surface area contributed by atoms with Crippen LogP contribution in [0.2, 0.25) is 0 Å². The Morgan fingerprint density at radius 2 is 2.07 bits per heavy atom. The average Bonchev–Trinajstić information content (AvgIpc) is 2.39. The minimum absolute atomic E-state index is 0.0515. The van der Waals surface area contributed by atoms with Gasteiger partial charge < -0.3 is 5.73 Å². The van der Waals surface area contributed by atoms with Gasteiger partial charge in [0.25, 0.3) is 0 Å². The van der Waals surface area contributed by atoms with Gasteiger partial charge in [0.15, 0.2) is 0 Å². The summed E-state index contributed by atoms with van der Waals surface area (Å²) in [4.78, 5) is 0.986. The first kappa shape index (κ1) is 10.8. The molecule has 0 aliphatic carbocycles. The van der Waals surface area contributed by atoms with E-state index in [9.17, 15) is 4.21 Å². The highest BCUT2D eigenvalue weighted by atomic mass is 32.2. The largest absolute Gasteiger partial charge is 0.323 e. The highest BCUT2D eigenvalue weighted by Crippen LogP contribution is 2.38. The van der Waals surface area contributed by atoms with E-state index in [4.69, 9.17) is 5.73 Å². The Labute approximate surface area is 93.3 Å². The second-order valence-corrected chi connectivity index (χ2v) is 5.88. The van der Waals surface area contributed by atoms with Gasteiger partial charge in [0.05, 0.1) is 16.0 Å². The molecule has 0 bridgehead atoms. The predicted octanol–water partition coefficient (Wildman–Crippen LogP) is 2.20. The maximum absolute atomic E-state index is 12.2. The molecule has 0 aromatic heterocycles. The standard InChI is InChI=1S/C12H17NOS/c1-4-10-11(13)9-6-7(2)5-8(3)12(9)15(10)14/h5-6,10-11H,4,13H2,1-3H3. The van der Waals surface area contributed by atoms with Gasteiger partial charge in [-0.15, -0.1) is 0 Å². The van der Waals surface area contributed by atoms with E-state index in [2.05, 4.69) is 26.0 Å². The topological polar surface area (TPSA) is 43.1 Å². The smallest absolute Gasteiger partial charge is 0.0586 e. The van der Waals surface area contributed by atoms with Crippen LogP contribution in [0.4, 0.5) is 0 Å². The summed E-state index contributed by atoms with van der Waals surface area (Å²) in [5.41, 5.74) is 9.56. The number of hydrogen-bond donors (Lipinski definition) is 1. The molecule has 3 unspecified atom stereocenters. The number of nitrogens with two attached hydrogens (primary N) is 1. The lowest BCUT2D eigenvalue weighted by atomic mass is 9.99. The maximum Gasteiger partial charge on any atom is 0.0586 e. The van der Waals surface area contributed by atoms with Gasteiger partial charge in [-0.2, -0.15) is 0 Å².